The van der Waals surface area contributed by atoms with Crippen LogP contribution in [0.5, 0.6) is 0 Å². The maximum atomic E-state index is 12.4. The summed E-state index contributed by atoms with van der Waals surface area (Å²) in [5, 5.41) is 18.1. The van der Waals surface area contributed by atoms with E-state index < -0.39 is 4.92 Å². The molecule has 1 amide bonds. The number of carbonyl (C=O) groups excluding carboxylic acids is 1. The van der Waals surface area contributed by atoms with Crippen LogP contribution in [0.15, 0.2) is 18.2 Å². The Morgan fingerprint density at radius 2 is 1.83 bits per heavy atom. The first-order valence-electron chi connectivity index (χ1n) is 7.98. The van der Waals surface area contributed by atoms with Crippen LogP contribution in [0.25, 0.3) is 0 Å². The van der Waals surface area contributed by atoms with Crippen molar-refractivity contribution in [1.29, 1.82) is 0 Å². The van der Waals surface area contributed by atoms with Gasteiger partial charge in [-0.2, -0.15) is 5.10 Å². The molecule has 0 saturated heterocycles. The Hall–Kier alpha value is -2.70. The maximum Gasteiger partial charge on any atom is 0.312 e. The Balaban J connectivity index is 2.24. The van der Waals surface area contributed by atoms with Crippen LogP contribution in [-0.4, -0.2) is 20.6 Å². The lowest BCUT2D eigenvalue weighted by molar-refractivity contribution is -0.386. The van der Waals surface area contributed by atoms with Crippen molar-refractivity contribution in [2.75, 3.05) is 5.32 Å². The van der Waals surface area contributed by atoms with E-state index in [0.29, 0.717) is 11.4 Å². The fraction of sp³-hybridized carbons (Fsp3) is 0.412. The first kappa shape index (κ1) is 17.7. The number of aromatic nitrogens is 2. The van der Waals surface area contributed by atoms with Gasteiger partial charge in [-0.1, -0.05) is 32.0 Å². The van der Waals surface area contributed by atoms with Crippen LogP contribution >= 0.6 is 0 Å². The van der Waals surface area contributed by atoms with Crippen LogP contribution in [0.4, 0.5) is 11.4 Å². The van der Waals surface area contributed by atoms with E-state index >= 15 is 0 Å². The Labute approximate surface area is 140 Å². The molecule has 2 aromatic rings. The smallest absolute Gasteiger partial charge is 0.312 e. The monoisotopic (exact) mass is 330 g/mol. The minimum Gasteiger partial charge on any atom is -0.324 e. The first-order chi connectivity index (χ1) is 11.4. The topological polar surface area (TPSA) is 90.1 Å². The van der Waals surface area contributed by atoms with Crippen molar-refractivity contribution in [3.05, 3.63) is 50.8 Å². The van der Waals surface area contributed by atoms with Gasteiger partial charge in [0.1, 0.15) is 17.9 Å². The number of anilines is 1. The van der Waals surface area contributed by atoms with Gasteiger partial charge in [-0.25, -0.2) is 0 Å². The molecular weight excluding hydrogens is 308 g/mol. The van der Waals surface area contributed by atoms with Crippen LogP contribution in [0.2, 0.25) is 0 Å². The molecule has 0 bridgehead atoms. The molecule has 7 heteroatoms. The molecule has 0 radical (unpaired) electrons. The SMILES string of the molecule is CCc1cccc(CC)c1NC(=O)Cn1nc(C)c([N+](=O)[O-])c1C. The molecule has 24 heavy (non-hydrogen) atoms. The molecule has 128 valence electrons. The van der Waals surface area contributed by atoms with E-state index in [0.717, 1.165) is 29.7 Å². The molecule has 0 spiro atoms. The number of hydrogen-bond acceptors (Lipinski definition) is 4. The molecule has 1 heterocycles. The van der Waals surface area contributed by atoms with E-state index in [1.807, 2.05) is 32.0 Å². The predicted molar refractivity (Wildman–Crippen MR) is 92.2 cm³/mol. The molecular formula is C17H22N4O3. The van der Waals surface area contributed by atoms with Crippen molar-refractivity contribution in [3.8, 4) is 0 Å². The van der Waals surface area contributed by atoms with Gasteiger partial charge in [0.25, 0.3) is 0 Å². The number of nitrogens with one attached hydrogen (secondary N) is 1. The molecule has 1 aromatic heterocycles. The number of benzene rings is 1. The van der Waals surface area contributed by atoms with Gasteiger partial charge < -0.3 is 5.32 Å². The van der Waals surface area contributed by atoms with E-state index in [-0.39, 0.29) is 18.1 Å². The quantitative estimate of drug-likeness (QED) is 0.650. The molecule has 0 aliphatic heterocycles. The standard InChI is InChI=1S/C17H22N4O3/c1-5-13-8-7-9-14(6-2)16(13)18-15(22)10-20-12(4)17(21(23)24)11(3)19-20/h7-9H,5-6,10H2,1-4H3,(H,18,22). The number of nitro groups is 1. The highest BCUT2D eigenvalue weighted by atomic mass is 16.6. The van der Waals surface area contributed by atoms with Crippen LogP contribution < -0.4 is 5.32 Å². The zero-order valence-electron chi connectivity index (χ0n) is 14.4. The highest BCUT2D eigenvalue weighted by Gasteiger charge is 2.23. The number of rotatable bonds is 6. The predicted octanol–water partition coefficient (Wildman–Crippen LogP) is 3.17. The average molecular weight is 330 g/mol. The van der Waals surface area contributed by atoms with Crippen molar-refractivity contribution >= 4 is 17.3 Å². The minimum absolute atomic E-state index is 0.0361. The highest BCUT2D eigenvalue weighted by Crippen LogP contribution is 2.24. The van der Waals surface area contributed by atoms with E-state index in [1.165, 1.54) is 4.68 Å². The lowest BCUT2D eigenvalue weighted by Gasteiger charge is -2.14. The normalized spacial score (nSPS) is 10.7. The van der Waals surface area contributed by atoms with Crippen LogP contribution in [-0.2, 0) is 24.2 Å². The zero-order valence-corrected chi connectivity index (χ0v) is 14.4. The molecule has 0 fully saturated rings. The molecule has 1 N–H and O–H groups in total. The molecule has 0 aliphatic carbocycles. The third kappa shape index (κ3) is 3.45. The summed E-state index contributed by atoms with van der Waals surface area (Å²) in [7, 11) is 0. The summed E-state index contributed by atoms with van der Waals surface area (Å²) in [5.74, 6) is -0.244. The second-order valence-corrected chi connectivity index (χ2v) is 5.64. The summed E-state index contributed by atoms with van der Waals surface area (Å²) in [6.07, 6.45) is 1.63. The fourth-order valence-corrected chi connectivity index (χ4v) is 2.82. The second-order valence-electron chi connectivity index (χ2n) is 5.64. The van der Waals surface area contributed by atoms with Gasteiger partial charge in [-0.05, 0) is 37.8 Å². The highest BCUT2D eigenvalue weighted by molar-refractivity contribution is 5.92. The number of para-hydroxylation sites is 1. The Kier molecular flexibility index (Phi) is 5.33. The Morgan fingerprint density at radius 1 is 1.25 bits per heavy atom. The number of hydrogen-bond donors (Lipinski definition) is 1. The third-order valence-corrected chi connectivity index (χ3v) is 4.08. The van der Waals surface area contributed by atoms with Gasteiger partial charge in [0.2, 0.25) is 5.91 Å². The van der Waals surface area contributed by atoms with Crippen molar-refractivity contribution < 1.29 is 9.72 Å². The van der Waals surface area contributed by atoms with Gasteiger partial charge >= 0.3 is 5.69 Å². The van der Waals surface area contributed by atoms with Crippen LogP contribution in [0.3, 0.4) is 0 Å². The maximum absolute atomic E-state index is 12.4. The summed E-state index contributed by atoms with van der Waals surface area (Å²) >= 11 is 0. The summed E-state index contributed by atoms with van der Waals surface area (Å²) < 4.78 is 1.38. The van der Waals surface area contributed by atoms with Crippen LogP contribution in [0.1, 0.15) is 36.4 Å². The second kappa shape index (κ2) is 7.25. The number of aryl methyl sites for hydroxylation is 3. The molecule has 0 saturated carbocycles. The van der Waals surface area contributed by atoms with Crippen LogP contribution in [0, 0.1) is 24.0 Å². The Morgan fingerprint density at radius 3 is 2.29 bits per heavy atom. The molecule has 0 aliphatic rings. The molecule has 7 nitrogen and oxygen atoms in total. The first-order valence-corrected chi connectivity index (χ1v) is 7.98. The van der Waals surface area contributed by atoms with Gasteiger partial charge in [0.05, 0.1) is 4.92 Å². The van der Waals surface area contributed by atoms with E-state index in [9.17, 15) is 14.9 Å². The lowest BCUT2D eigenvalue weighted by Crippen LogP contribution is -2.21. The minimum atomic E-state index is -0.465. The summed E-state index contributed by atoms with van der Waals surface area (Å²) in [6.45, 7) is 7.19. The number of nitrogens with zero attached hydrogens (tertiary/aromatic N) is 3. The fourth-order valence-electron chi connectivity index (χ4n) is 2.82. The molecule has 1 aromatic carbocycles. The summed E-state index contributed by atoms with van der Waals surface area (Å²) in [4.78, 5) is 23.0. The number of amides is 1. The van der Waals surface area contributed by atoms with Crippen molar-refractivity contribution in [2.45, 2.75) is 47.1 Å². The van der Waals surface area contributed by atoms with Crippen molar-refractivity contribution in [3.63, 3.8) is 0 Å². The van der Waals surface area contributed by atoms with E-state index in [2.05, 4.69) is 10.4 Å². The third-order valence-electron chi connectivity index (χ3n) is 4.08. The zero-order chi connectivity index (χ0) is 17.9. The molecule has 2 rings (SSSR count). The van der Waals surface area contributed by atoms with Gasteiger partial charge in [-0.3, -0.25) is 19.6 Å². The average Bonchev–Trinajstić information content (AvgIpc) is 2.81. The summed E-state index contributed by atoms with van der Waals surface area (Å²) in [6, 6.07) is 5.96. The van der Waals surface area contributed by atoms with E-state index in [4.69, 9.17) is 0 Å². The lowest BCUT2D eigenvalue weighted by atomic mass is 10.0. The van der Waals surface area contributed by atoms with Crippen molar-refractivity contribution in [2.24, 2.45) is 0 Å². The summed E-state index contributed by atoms with van der Waals surface area (Å²) in [5.41, 5.74) is 3.64. The molecule has 0 atom stereocenters. The van der Waals surface area contributed by atoms with Crippen molar-refractivity contribution in [1.82, 2.24) is 9.78 Å². The van der Waals surface area contributed by atoms with Gasteiger partial charge in [0.15, 0.2) is 0 Å². The molecule has 0 unspecified atom stereocenters. The largest absolute Gasteiger partial charge is 0.324 e. The van der Waals surface area contributed by atoms with Gasteiger partial charge in [0, 0.05) is 5.69 Å². The number of carbonyl (C=O) groups is 1. The van der Waals surface area contributed by atoms with E-state index in [1.54, 1.807) is 13.8 Å². The van der Waals surface area contributed by atoms with Gasteiger partial charge in [-0.15, -0.1) is 0 Å². The Bertz CT molecular complexity index is 758.